The minimum absolute atomic E-state index is 0.151. The minimum atomic E-state index is -0.151. The molecule has 0 saturated heterocycles. The smallest absolute Gasteiger partial charge is 0.115 e. The molecule has 0 heterocycles. The maximum atomic E-state index is 9.30. The maximum absolute atomic E-state index is 9.30. The van der Waals surface area contributed by atoms with Crippen LogP contribution in [0.2, 0.25) is 0 Å². The summed E-state index contributed by atoms with van der Waals surface area (Å²) in [5.74, 6) is 0.547. The Hall–Kier alpha value is -2.04. The van der Waals surface area contributed by atoms with E-state index < -0.39 is 0 Å². The molecule has 4 nitrogen and oxygen atoms in total. The third-order valence-corrected chi connectivity index (χ3v) is 3.76. The number of aromatic hydroxyl groups is 2. The van der Waals surface area contributed by atoms with Gasteiger partial charge < -0.3 is 19.7 Å². The second-order valence-corrected chi connectivity index (χ2v) is 5.87. The third kappa shape index (κ3) is 8.57. The van der Waals surface area contributed by atoms with Crippen LogP contribution >= 0.6 is 0 Å². The monoisotopic (exact) mass is 348 g/mol. The molecule has 0 bridgehead atoms. The fourth-order valence-corrected chi connectivity index (χ4v) is 1.92. The van der Waals surface area contributed by atoms with Gasteiger partial charge >= 0.3 is 0 Å². The number of rotatable bonds is 4. The number of methoxy groups -OCH3 is 2. The molecule has 0 aliphatic heterocycles. The van der Waals surface area contributed by atoms with Crippen LogP contribution < -0.4 is 0 Å². The summed E-state index contributed by atoms with van der Waals surface area (Å²) in [5.41, 5.74) is 2.10. The van der Waals surface area contributed by atoms with Gasteiger partial charge in [-0.1, -0.05) is 38.1 Å². The van der Waals surface area contributed by atoms with Gasteiger partial charge in [0, 0.05) is 32.8 Å². The lowest BCUT2D eigenvalue weighted by Crippen LogP contribution is -2.18. The number of phenols is 2. The number of benzene rings is 2. The minimum Gasteiger partial charge on any atom is -0.508 e. The number of ether oxygens (including phenoxy) is 2. The van der Waals surface area contributed by atoms with Gasteiger partial charge in [-0.05, 0) is 49.2 Å². The Morgan fingerprint density at radius 2 is 0.920 bits per heavy atom. The first-order chi connectivity index (χ1) is 11.8. The van der Waals surface area contributed by atoms with E-state index in [1.54, 1.807) is 38.5 Å². The van der Waals surface area contributed by atoms with Crippen molar-refractivity contribution in [2.45, 2.75) is 33.1 Å². The van der Waals surface area contributed by atoms with Crippen molar-refractivity contribution >= 4 is 0 Å². The van der Waals surface area contributed by atoms with Gasteiger partial charge in [-0.25, -0.2) is 0 Å². The van der Waals surface area contributed by atoms with E-state index in [0.717, 1.165) is 24.3 Å². The van der Waals surface area contributed by atoms with Crippen molar-refractivity contribution in [1.29, 1.82) is 0 Å². The van der Waals surface area contributed by atoms with Gasteiger partial charge in [0.25, 0.3) is 0 Å². The summed E-state index contributed by atoms with van der Waals surface area (Å²) >= 11 is 0. The van der Waals surface area contributed by atoms with Crippen LogP contribution in [0.5, 0.6) is 11.5 Å². The number of hydrogen-bond donors (Lipinski definition) is 2. The number of hydrogen-bond acceptors (Lipinski definition) is 4. The first kappa shape index (κ1) is 23.0. The molecule has 0 fully saturated rings. The van der Waals surface area contributed by atoms with Crippen LogP contribution in [-0.4, -0.2) is 37.6 Å². The topological polar surface area (TPSA) is 58.9 Å². The summed E-state index contributed by atoms with van der Waals surface area (Å²) in [7, 11) is 3.36. The molecule has 2 rings (SSSR count). The van der Waals surface area contributed by atoms with E-state index in [9.17, 15) is 10.2 Å². The van der Waals surface area contributed by atoms with Gasteiger partial charge in [0.15, 0.2) is 0 Å². The second kappa shape index (κ2) is 12.3. The Morgan fingerprint density at radius 3 is 1.12 bits per heavy atom. The summed E-state index contributed by atoms with van der Waals surface area (Å²) in [6.45, 7) is 9.79. The first-order valence-electron chi connectivity index (χ1n) is 8.40. The van der Waals surface area contributed by atoms with Crippen LogP contribution in [0.4, 0.5) is 0 Å². The Morgan fingerprint density at radius 1 is 0.680 bits per heavy atom. The molecular formula is C21H32O4. The second-order valence-electron chi connectivity index (χ2n) is 5.87. The van der Waals surface area contributed by atoms with Crippen molar-refractivity contribution in [3.05, 3.63) is 59.7 Å². The van der Waals surface area contributed by atoms with Crippen molar-refractivity contribution in [2.24, 2.45) is 0 Å². The normalized spacial score (nSPS) is 10.2. The van der Waals surface area contributed by atoms with E-state index in [-0.39, 0.29) is 16.9 Å². The number of phenolic OH excluding ortho intramolecular Hbond substituents is 2. The quantitative estimate of drug-likeness (QED) is 0.839. The van der Waals surface area contributed by atoms with E-state index in [4.69, 9.17) is 0 Å². The van der Waals surface area contributed by atoms with Gasteiger partial charge in [0.2, 0.25) is 0 Å². The van der Waals surface area contributed by atoms with E-state index in [2.05, 4.69) is 23.3 Å². The largest absolute Gasteiger partial charge is 0.508 e. The summed E-state index contributed by atoms with van der Waals surface area (Å²) in [6, 6.07) is 14.4. The fraction of sp³-hybridized carbons (Fsp3) is 0.429. The molecule has 0 spiro atoms. The lowest BCUT2D eigenvalue weighted by atomic mass is 9.78. The Balaban J connectivity index is 0.000000609. The summed E-state index contributed by atoms with van der Waals surface area (Å²) in [5, 5.41) is 18.6. The lowest BCUT2D eigenvalue weighted by molar-refractivity contribution is 0.215. The highest BCUT2D eigenvalue weighted by Gasteiger charge is 2.22. The van der Waals surface area contributed by atoms with Crippen LogP contribution in [0.3, 0.4) is 0 Å². The Kier molecular flexibility index (Phi) is 11.3. The molecule has 2 aromatic rings. The van der Waals surface area contributed by atoms with Crippen LogP contribution in [0.15, 0.2) is 48.5 Å². The first-order valence-corrected chi connectivity index (χ1v) is 8.40. The van der Waals surface area contributed by atoms with Gasteiger partial charge in [0.05, 0.1) is 0 Å². The lowest BCUT2D eigenvalue weighted by Gasteiger charge is -2.26. The maximum Gasteiger partial charge on any atom is 0.115 e. The summed E-state index contributed by atoms with van der Waals surface area (Å²) in [4.78, 5) is 0. The van der Waals surface area contributed by atoms with Crippen molar-refractivity contribution in [3.8, 4) is 11.5 Å². The molecule has 0 aromatic heterocycles. The molecule has 0 aliphatic carbocycles. The molecule has 0 aliphatic rings. The molecular weight excluding hydrogens is 316 g/mol. The van der Waals surface area contributed by atoms with Crippen molar-refractivity contribution < 1.29 is 19.7 Å². The SMILES string of the molecule is CC(C)(c1ccc(O)cc1)c1ccc(O)cc1.CCOC.CCOC. The molecule has 0 amide bonds. The highest BCUT2D eigenvalue weighted by molar-refractivity contribution is 5.41. The zero-order valence-electron chi connectivity index (χ0n) is 16.2. The van der Waals surface area contributed by atoms with Crippen LogP contribution in [0, 0.1) is 0 Å². The van der Waals surface area contributed by atoms with Crippen LogP contribution in [0.25, 0.3) is 0 Å². The molecule has 25 heavy (non-hydrogen) atoms. The van der Waals surface area contributed by atoms with Gasteiger partial charge in [0.1, 0.15) is 11.5 Å². The highest BCUT2D eigenvalue weighted by atomic mass is 16.5. The summed E-state index contributed by atoms with van der Waals surface area (Å²) < 4.78 is 9.08. The van der Waals surface area contributed by atoms with E-state index in [0.29, 0.717) is 0 Å². The highest BCUT2D eigenvalue weighted by Crippen LogP contribution is 2.32. The van der Waals surface area contributed by atoms with E-state index in [1.807, 2.05) is 38.1 Å². The molecule has 2 N–H and O–H groups in total. The van der Waals surface area contributed by atoms with Gasteiger partial charge in [-0.2, -0.15) is 0 Å². The Labute approximate surface area is 152 Å². The molecule has 0 unspecified atom stereocenters. The molecule has 2 aromatic carbocycles. The Bertz CT molecular complexity index is 504. The predicted molar refractivity (Wildman–Crippen MR) is 103 cm³/mol. The van der Waals surface area contributed by atoms with E-state index in [1.165, 1.54) is 0 Å². The molecule has 0 radical (unpaired) electrons. The van der Waals surface area contributed by atoms with Crippen LogP contribution in [-0.2, 0) is 14.9 Å². The van der Waals surface area contributed by atoms with Crippen LogP contribution in [0.1, 0.15) is 38.8 Å². The van der Waals surface area contributed by atoms with E-state index >= 15 is 0 Å². The third-order valence-electron chi connectivity index (χ3n) is 3.76. The summed E-state index contributed by atoms with van der Waals surface area (Å²) in [6.07, 6.45) is 0. The fourth-order valence-electron chi connectivity index (χ4n) is 1.92. The van der Waals surface area contributed by atoms with Crippen molar-refractivity contribution in [1.82, 2.24) is 0 Å². The molecule has 4 heteroatoms. The zero-order chi connectivity index (χ0) is 19.3. The van der Waals surface area contributed by atoms with Gasteiger partial charge in [-0.15, -0.1) is 0 Å². The standard InChI is InChI=1S/C15H16O2.2C3H8O/c1-15(2,11-3-7-13(16)8-4-11)12-5-9-14(17)10-6-12;2*1-3-4-2/h3-10,16-17H,1-2H3;2*3H2,1-2H3. The average Bonchev–Trinajstić information content (AvgIpc) is 2.63. The molecule has 140 valence electrons. The average molecular weight is 348 g/mol. The van der Waals surface area contributed by atoms with Crippen molar-refractivity contribution in [2.75, 3.05) is 27.4 Å². The zero-order valence-corrected chi connectivity index (χ0v) is 16.2. The predicted octanol–water partition coefficient (Wildman–Crippen LogP) is 4.73. The van der Waals surface area contributed by atoms with Gasteiger partial charge in [-0.3, -0.25) is 0 Å². The molecule has 0 saturated carbocycles. The van der Waals surface area contributed by atoms with Crippen molar-refractivity contribution in [3.63, 3.8) is 0 Å². The molecule has 0 atom stereocenters.